The summed E-state index contributed by atoms with van der Waals surface area (Å²) in [4.78, 5) is 11.7. The van der Waals surface area contributed by atoms with Crippen molar-refractivity contribution in [3.63, 3.8) is 0 Å². The van der Waals surface area contributed by atoms with Gasteiger partial charge in [0.2, 0.25) is 5.82 Å². The van der Waals surface area contributed by atoms with Gasteiger partial charge >= 0.3 is 12.1 Å². The van der Waals surface area contributed by atoms with Crippen LogP contribution in [0.4, 0.5) is 13.2 Å². The normalized spacial score (nSPS) is 11.9. The molecule has 0 amide bonds. The minimum Gasteiger partial charge on any atom is -0.446 e. The van der Waals surface area contributed by atoms with Crippen LogP contribution in [-0.2, 0) is 6.18 Å². The van der Waals surface area contributed by atoms with E-state index in [9.17, 15) is 13.2 Å². The Labute approximate surface area is 122 Å². The minimum atomic E-state index is -4.68. The van der Waals surface area contributed by atoms with E-state index in [1.807, 2.05) is 0 Å². The molecule has 3 aromatic rings. The number of oxazole rings is 1. The number of alkyl halides is 3. The lowest BCUT2D eigenvalue weighted by atomic mass is 10.1. The summed E-state index contributed by atoms with van der Waals surface area (Å²) in [7, 11) is 0. The molecule has 114 valence electrons. The maximum atomic E-state index is 12.5. The first kappa shape index (κ1) is 14.2. The average molecular weight is 310 g/mol. The van der Waals surface area contributed by atoms with Crippen molar-refractivity contribution in [1.82, 2.24) is 20.1 Å². The molecule has 0 fully saturated rings. The molecule has 0 N–H and O–H groups in total. The fourth-order valence-corrected chi connectivity index (χ4v) is 1.92. The Morgan fingerprint density at radius 1 is 1.14 bits per heavy atom. The van der Waals surface area contributed by atoms with Crippen molar-refractivity contribution in [3.8, 4) is 22.8 Å². The Balaban J connectivity index is 2.01. The maximum absolute atomic E-state index is 12.5. The molecule has 0 bridgehead atoms. The fourth-order valence-electron chi connectivity index (χ4n) is 1.92. The predicted octanol–water partition coefficient (Wildman–Crippen LogP) is 3.42. The van der Waals surface area contributed by atoms with Crippen molar-refractivity contribution in [2.24, 2.45) is 0 Å². The molecule has 0 aliphatic carbocycles. The zero-order chi connectivity index (χ0) is 15.9. The van der Waals surface area contributed by atoms with Crippen LogP contribution in [0.3, 0.4) is 0 Å². The van der Waals surface area contributed by atoms with E-state index in [1.165, 1.54) is 18.3 Å². The molecule has 3 aromatic heterocycles. The van der Waals surface area contributed by atoms with Crippen LogP contribution >= 0.6 is 0 Å². The molecule has 0 atom stereocenters. The molecule has 6 nitrogen and oxygen atoms in total. The molecule has 9 heteroatoms. The first-order valence-corrected chi connectivity index (χ1v) is 6.16. The van der Waals surface area contributed by atoms with Crippen molar-refractivity contribution in [3.05, 3.63) is 35.9 Å². The van der Waals surface area contributed by atoms with E-state index in [4.69, 9.17) is 4.42 Å². The first-order chi connectivity index (χ1) is 10.3. The second-order valence-electron chi connectivity index (χ2n) is 4.49. The molecule has 0 saturated carbocycles. The van der Waals surface area contributed by atoms with Gasteiger partial charge in [-0.2, -0.15) is 18.2 Å². The van der Waals surface area contributed by atoms with E-state index in [0.29, 0.717) is 28.6 Å². The molecule has 0 radical (unpaired) electrons. The van der Waals surface area contributed by atoms with Gasteiger partial charge in [-0.3, -0.25) is 4.98 Å². The average Bonchev–Trinajstić information content (AvgIpc) is 3.05. The summed E-state index contributed by atoms with van der Waals surface area (Å²) in [6.07, 6.45) is -3.25. The highest BCUT2D eigenvalue weighted by Gasteiger charge is 2.38. The number of nitrogens with zero attached hydrogens (tertiary/aromatic N) is 4. The van der Waals surface area contributed by atoms with Crippen molar-refractivity contribution in [1.29, 1.82) is 0 Å². The van der Waals surface area contributed by atoms with Crippen LogP contribution in [0.1, 0.15) is 17.5 Å². The Bertz CT molecular complexity index is 823. The molecule has 0 spiro atoms. The zero-order valence-corrected chi connectivity index (χ0v) is 11.5. The monoisotopic (exact) mass is 310 g/mol. The number of hydrogen-bond donors (Lipinski definition) is 0. The molecule has 0 aromatic carbocycles. The van der Waals surface area contributed by atoms with Gasteiger partial charge in [0.15, 0.2) is 5.89 Å². The highest BCUT2D eigenvalue weighted by Crippen LogP contribution is 2.30. The molecule has 0 saturated heterocycles. The Kier molecular flexibility index (Phi) is 3.19. The molecule has 3 heterocycles. The zero-order valence-electron chi connectivity index (χ0n) is 11.5. The summed E-state index contributed by atoms with van der Waals surface area (Å²) in [6.45, 7) is 3.41. The minimum absolute atomic E-state index is 0.172. The molecule has 0 unspecified atom stereocenters. The van der Waals surface area contributed by atoms with E-state index in [0.717, 1.165) is 0 Å². The smallest absolute Gasteiger partial charge is 0.446 e. The Morgan fingerprint density at radius 3 is 2.50 bits per heavy atom. The third-order valence-corrected chi connectivity index (χ3v) is 2.83. The van der Waals surface area contributed by atoms with Crippen molar-refractivity contribution in [2.75, 3.05) is 0 Å². The van der Waals surface area contributed by atoms with Gasteiger partial charge in [-0.05, 0) is 19.1 Å². The quantitative estimate of drug-likeness (QED) is 0.721. The number of halogens is 3. The van der Waals surface area contributed by atoms with Gasteiger partial charge in [0.25, 0.3) is 0 Å². The molecular weight excluding hydrogens is 301 g/mol. The van der Waals surface area contributed by atoms with Gasteiger partial charge in [0.1, 0.15) is 11.5 Å². The summed E-state index contributed by atoms with van der Waals surface area (Å²) in [6, 6.07) is 3.01. The summed E-state index contributed by atoms with van der Waals surface area (Å²) >= 11 is 0. The van der Waals surface area contributed by atoms with Crippen LogP contribution in [-0.4, -0.2) is 20.1 Å². The number of aryl methyl sites for hydroxylation is 2. The Hall–Kier alpha value is -2.71. The molecule has 0 aliphatic rings. The third kappa shape index (κ3) is 2.57. The maximum Gasteiger partial charge on any atom is 0.471 e. The largest absolute Gasteiger partial charge is 0.471 e. The highest BCUT2D eigenvalue weighted by molar-refractivity contribution is 5.65. The number of rotatable bonds is 2. The topological polar surface area (TPSA) is 77.8 Å². The van der Waals surface area contributed by atoms with Crippen molar-refractivity contribution < 1.29 is 22.1 Å². The van der Waals surface area contributed by atoms with Crippen LogP contribution in [0.5, 0.6) is 0 Å². The lowest BCUT2D eigenvalue weighted by Gasteiger charge is -1.99. The number of aromatic nitrogens is 4. The predicted molar refractivity (Wildman–Crippen MR) is 67.5 cm³/mol. The molecule has 3 rings (SSSR count). The van der Waals surface area contributed by atoms with E-state index in [-0.39, 0.29) is 5.82 Å². The first-order valence-electron chi connectivity index (χ1n) is 6.16. The Morgan fingerprint density at radius 2 is 1.91 bits per heavy atom. The molecule has 22 heavy (non-hydrogen) atoms. The summed E-state index contributed by atoms with van der Waals surface area (Å²) in [5.74, 6) is -0.534. The van der Waals surface area contributed by atoms with Gasteiger partial charge in [0.05, 0.1) is 5.69 Å². The lowest BCUT2D eigenvalue weighted by Crippen LogP contribution is -2.04. The van der Waals surface area contributed by atoms with Gasteiger partial charge < -0.3 is 8.94 Å². The number of pyridine rings is 1. The van der Waals surface area contributed by atoms with E-state index in [2.05, 4.69) is 24.6 Å². The standard InChI is InChI=1S/C13H9F3N4O2/c1-6-10(18-7(2)21-6)9-5-8(3-4-17-9)11-19-12(22-20-11)13(14,15)16/h3-5H,1-2H3. The SMILES string of the molecule is Cc1nc(-c2cc(-c3noc(C(F)(F)F)n3)ccn2)c(C)o1. The lowest BCUT2D eigenvalue weighted by molar-refractivity contribution is -0.159. The summed E-state index contributed by atoms with van der Waals surface area (Å²) in [5.41, 5.74) is 1.30. The van der Waals surface area contributed by atoms with E-state index in [1.54, 1.807) is 13.8 Å². The van der Waals surface area contributed by atoms with Crippen LogP contribution in [0, 0.1) is 13.8 Å². The van der Waals surface area contributed by atoms with Gasteiger partial charge in [-0.15, -0.1) is 0 Å². The third-order valence-electron chi connectivity index (χ3n) is 2.83. The van der Waals surface area contributed by atoms with Crippen molar-refractivity contribution >= 4 is 0 Å². The van der Waals surface area contributed by atoms with Gasteiger partial charge in [-0.25, -0.2) is 4.98 Å². The second-order valence-corrected chi connectivity index (χ2v) is 4.49. The summed E-state index contributed by atoms with van der Waals surface area (Å²) < 4.78 is 47.0. The van der Waals surface area contributed by atoms with Gasteiger partial charge in [0, 0.05) is 18.7 Å². The van der Waals surface area contributed by atoms with E-state index >= 15 is 0 Å². The van der Waals surface area contributed by atoms with Crippen LogP contribution < -0.4 is 0 Å². The van der Waals surface area contributed by atoms with Gasteiger partial charge in [-0.1, -0.05) is 5.16 Å². The second kappa shape index (κ2) is 4.93. The fraction of sp³-hybridized carbons (Fsp3) is 0.231. The number of hydrogen-bond acceptors (Lipinski definition) is 6. The van der Waals surface area contributed by atoms with Crippen LogP contribution in [0.25, 0.3) is 22.8 Å². The molecular formula is C13H9F3N4O2. The highest BCUT2D eigenvalue weighted by atomic mass is 19.4. The summed E-state index contributed by atoms with van der Waals surface area (Å²) in [5, 5.41) is 3.34. The molecule has 0 aliphatic heterocycles. The van der Waals surface area contributed by atoms with Crippen molar-refractivity contribution in [2.45, 2.75) is 20.0 Å². The van der Waals surface area contributed by atoms with Crippen LogP contribution in [0.2, 0.25) is 0 Å². The van der Waals surface area contributed by atoms with E-state index < -0.39 is 12.1 Å². The van der Waals surface area contributed by atoms with Crippen LogP contribution in [0.15, 0.2) is 27.3 Å².